The summed E-state index contributed by atoms with van der Waals surface area (Å²) >= 11 is 0. The van der Waals surface area contributed by atoms with Crippen LogP contribution in [0, 0.1) is 11.8 Å². The van der Waals surface area contributed by atoms with E-state index in [0.717, 1.165) is 87.9 Å². The molecule has 2 aliphatic heterocycles. The fourth-order valence-electron chi connectivity index (χ4n) is 9.17. The molecule has 0 spiro atoms. The van der Waals surface area contributed by atoms with Crippen molar-refractivity contribution in [2.75, 3.05) is 27.3 Å². The molecule has 322 valence electrons. The van der Waals surface area contributed by atoms with E-state index in [4.69, 9.17) is 19.4 Å². The number of fused-ring (bicyclic) bond motifs is 3. The van der Waals surface area contributed by atoms with Gasteiger partial charge in [0.1, 0.15) is 23.7 Å². The van der Waals surface area contributed by atoms with E-state index in [2.05, 4.69) is 76.1 Å². The molecular formula is C48H54N8O6. The van der Waals surface area contributed by atoms with Crippen LogP contribution in [0.4, 0.5) is 9.59 Å². The highest BCUT2D eigenvalue weighted by Crippen LogP contribution is 2.40. The van der Waals surface area contributed by atoms with Crippen LogP contribution in [0.15, 0.2) is 91.1 Å². The first-order valence-corrected chi connectivity index (χ1v) is 21.5. The highest BCUT2D eigenvalue weighted by atomic mass is 16.5. The summed E-state index contributed by atoms with van der Waals surface area (Å²) in [5.74, 6) is 1.30. The summed E-state index contributed by atoms with van der Waals surface area (Å²) in [5, 5.41) is 7.53. The van der Waals surface area contributed by atoms with Crippen LogP contribution in [0.5, 0.6) is 0 Å². The van der Waals surface area contributed by atoms with E-state index in [9.17, 15) is 19.2 Å². The summed E-state index contributed by atoms with van der Waals surface area (Å²) < 4.78 is 9.68. The molecule has 8 rings (SSSR count). The van der Waals surface area contributed by atoms with Gasteiger partial charge in [-0.05, 0) is 77.3 Å². The lowest BCUT2D eigenvalue weighted by Gasteiger charge is -2.30. The minimum Gasteiger partial charge on any atom is -0.453 e. The second-order valence-corrected chi connectivity index (χ2v) is 16.7. The molecule has 4 aromatic carbocycles. The van der Waals surface area contributed by atoms with Crippen LogP contribution < -0.4 is 10.6 Å². The number of H-pyrrole nitrogens is 2. The molecule has 2 fully saturated rings. The minimum absolute atomic E-state index is 0.111. The number of benzene rings is 4. The number of likely N-dealkylation sites (tertiary alicyclic amines) is 2. The number of aromatic amines is 2. The zero-order chi connectivity index (χ0) is 43.5. The van der Waals surface area contributed by atoms with Gasteiger partial charge in [-0.15, -0.1) is 0 Å². The van der Waals surface area contributed by atoms with Crippen LogP contribution in [-0.2, 0) is 19.1 Å². The third kappa shape index (κ3) is 8.46. The Balaban J connectivity index is 1.01. The fourth-order valence-corrected chi connectivity index (χ4v) is 9.17. The molecule has 0 aliphatic carbocycles. The molecular weight excluding hydrogens is 785 g/mol. The Kier molecular flexibility index (Phi) is 12.3. The van der Waals surface area contributed by atoms with Crippen molar-refractivity contribution >= 4 is 45.8 Å². The maximum absolute atomic E-state index is 14.4. The quantitative estimate of drug-likeness (QED) is 0.0948. The predicted octanol–water partition coefficient (Wildman–Crippen LogP) is 8.60. The molecule has 5 atom stereocenters. The number of hydrogen-bond donors (Lipinski definition) is 4. The lowest BCUT2D eigenvalue weighted by molar-refractivity contribution is -0.136. The van der Waals surface area contributed by atoms with Crippen LogP contribution in [0.3, 0.4) is 0 Å². The van der Waals surface area contributed by atoms with E-state index in [0.29, 0.717) is 24.6 Å². The lowest BCUT2D eigenvalue weighted by atomic mass is 9.99. The molecule has 6 aromatic rings. The standard InChI is InChI=1S/C48H54N8O6/c1-6-11-29-24-39(56(27-29)46(58)41(54-48(60)62-5)32-12-8-7-9-13-32)44-50-36-22-20-34-25-33(19-21-35(34)42(36)52-44)30-15-17-31(18-16-30)37-26-49-43(51-37)38-14-10-23-55(38)45(57)40(28(2)3)53-47(59)61-4/h7-9,12-13,15-22,25-26,28-29,38-41H,6,10-11,14,23-24,27H2,1-5H3,(H,49,51)(H,50,52)(H,53,59)(H,54,60)/t29-,38-,39-,40?,41+/m0/s1. The second-order valence-electron chi connectivity index (χ2n) is 16.7. The number of imidazole rings is 2. The normalized spacial score (nSPS) is 18.6. The van der Waals surface area contributed by atoms with Gasteiger partial charge in [-0.2, -0.15) is 0 Å². The molecule has 2 aliphatic rings. The number of ether oxygens (including phenoxy) is 2. The fraction of sp³-hybridized carbons (Fsp3) is 0.375. The van der Waals surface area contributed by atoms with Crippen molar-refractivity contribution in [3.8, 4) is 22.4 Å². The van der Waals surface area contributed by atoms with Crippen molar-refractivity contribution in [3.63, 3.8) is 0 Å². The first-order chi connectivity index (χ1) is 30.1. The van der Waals surface area contributed by atoms with Gasteiger partial charge in [0.05, 0.1) is 49.2 Å². The Labute approximate surface area is 360 Å². The Morgan fingerprint density at radius 1 is 0.806 bits per heavy atom. The molecule has 14 nitrogen and oxygen atoms in total. The Bertz CT molecular complexity index is 2570. The number of rotatable bonds is 12. The maximum Gasteiger partial charge on any atom is 0.407 e. The Morgan fingerprint density at radius 2 is 1.53 bits per heavy atom. The number of hydrogen-bond acceptors (Lipinski definition) is 8. The van der Waals surface area contributed by atoms with Crippen LogP contribution in [0.2, 0.25) is 0 Å². The summed E-state index contributed by atoms with van der Waals surface area (Å²) in [6, 6.07) is 26.0. The highest BCUT2D eigenvalue weighted by molar-refractivity contribution is 6.05. The van der Waals surface area contributed by atoms with Gasteiger partial charge in [0.25, 0.3) is 5.91 Å². The number of alkyl carbamates (subject to hydrolysis) is 2. The second kappa shape index (κ2) is 18.1. The molecule has 0 saturated carbocycles. The molecule has 4 heterocycles. The molecule has 1 unspecified atom stereocenters. The minimum atomic E-state index is -0.900. The molecule has 4 amide bonds. The van der Waals surface area contributed by atoms with E-state index in [1.54, 1.807) is 0 Å². The van der Waals surface area contributed by atoms with Crippen molar-refractivity contribution in [2.45, 2.75) is 77.0 Å². The predicted molar refractivity (Wildman–Crippen MR) is 237 cm³/mol. The van der Waals surface area contributed by atoms with Crippen LogP contribution in [-0.4, -0.2) is 87.1 Å². The molecule has 14 heteroatoms. The Morgan fingerprint density at radius 3 is 2.26 bits per heavy atom. The summed E-state index contributed by atoms with van der Waals surface area (Å²) in [7, 11) is 2.59. The Hall–Kier alpha value is -6.70. The summed E-state index contributed by atoms with van der Waals surface area (Å²) in [6.07, 6.45) is 4.89. The smallest absolute Gasteiger partial charge is 0.407 e. The number of nitrogens with one attached hydrogen (secondary N) is 4. The van der Waals surface area contributed by atoms with Gasteiger partial charge in [-0.3, -0.25) is 9.59 Å². The number of nitrogens with zero attached hydrogens (tertiary/aromatic N) is 4. The molecule has 2 saturated heterocycles. The van der Waals surface area contributed by atoms with Crippen molar-refractivity contribution in [1.82, 2.24) is 40.4 Å². The van der Waals surface area contributed by atoms with E-state index in [-0.39, 0.29) is 29.8 Å². The van der Waals surface area contributed by atoms with E-state index in [1.807, 2.05) is 66.2 Å². The molecule has 0 radical (unpaired) electrons. The number of amides is 4. The number of aromatic nitrogens is 4. The molecule has 62 heavy (non-hydrogen) atoms. The van der Waals surface area contributed by atoms with Crippen molar-refractivity contribution in [2.24, 2.45) is 11.8 Å². The average Bonchev–Trinajstić information content (AvgIpc) is 4.13. The average molecular weight is 839 g/mol. The number of carbonyl (C=O) groups is 4. The van der Waals surface area contributed by atoms with E-state index < -0.39 is 24.3 Å². The van der Waals surface area contributed by atoms with Gasteiger partial charge in [-0.25, -0.2) is 19.6 Å². The molecule has 4 N–H and O–H groups in total. The summed E-state index contributed by atoms with van der Waals surface area (Å²) in [4.78, 5) is 73.0. The lowest BCUT2D eigenvalue weighted by Crippen LogP contribution is -2.51. The van der Waals surface area contributed by atoms with Crippen molar-refractivity contribution in [3.05, 3.63) is 108 Å². The van der Waals surface area contributed by atoms with Crippen LogP contribution in [0.25, 0.3) is 44.2 Å². The number of carbonyl (C=O) groups excluding carboxylic acids is 4. The van der Waals surface area contributed by atoms with Crippen LogP contribution in [0.1, 0.15) is 88.2 Å². The maximum atomic E-state index is 14.4. The molecule has 0 bridgehead atoms. The molecule has 2 aromatic heterocycles. The first-order valence-electron chi connectivity index (χ1n) is 21.5. The van der Waals surface area contributed by atoms with Gasteiger partial charge >= 0.3 is 12.2 Å². The van der Waals surface area contributed by atoms with Gasteiger partial charge in [0.2, 0.25) is 5.91 Å². The largest absolute Gasteiger partial charge is 0.453 e. The van der Waals surface area contributed by atoms with E-state index >= 15 is 0 Å². The third-order valence-corrected chi connectivity index (χ3v) is 12.4. The zero-order valence-electron chi connectivity index (χ0n) is 35.8. The third-order valence-electron chi connectivity index (χ3n) is 12.4. The van der Waals surface area contributed by atoms with Crippen molar-refractivity contribution < 1.29 is 28.7 Å². The SMILES string of the molecule is CCC[C@H]1C[C@@H](c2nc3c(ccc4cc(-c5ccc(-c6cnc([C@@H]7CCCN7C(=O)C(NC(=O)OC)C(C)C)[nH]6)cc5)ccc43)[nH]2)N(C(=O)[C@H](NC(=O)OC)c2ccccc2)C1. The van der Waals surface area contributed by atoms with Crippen molar-refractivity contribution in [1.29, 1.82) is 0 Å². The van der Waals surface area contributed by atoms with E-state index in [1.165, 1.54) is 14.2 Å². The van der Waals surface area contributed by atoms with Gasteiger partial charge in [0, 0.05) is 18.5 Å². The first kappa shape index (κ1) is 42.0. The monoisotopic (exact) mass is 838 g/mol. The van der Waals surface area contributed by atoms with Gasteiger partial charge in [-0.1, -0.05) is 100.0 Å². The highest BCUT2D eigenvalue weighted by Gasteiger charge is 2.41. The summed E-state index contributed by atoms with van der Waals surface area (Å²) in [6.45, 7) is 7.12. The summed E-state index contributed by atoms with van der Waals surface area (Å²) in [5.41, 5.74) is 6.36. The van der Waals surface area contributed by atoms with Gasteiger partial charge < -0.3 is 39.9 Å². The van der Waals surface area contributed by atoms with Gasteiger partial charge in [0.15, 0.2) is 0 Å². The topological polar surface area (TPSA) is 175 Å². The zero-order valence-corrected chi connectivity index (χ0v) is 35.8. The van der Waals surface area contributed by atoms with Crippen LogP contribution >= 0.6 is 0 Å². The number of methoxy groups -OCH3 is 2.